The Kier molecular flexibility index (Phi) is 3.92. The van der Waals surface area contributed by atoms with Gasteiger partial charge in [-0.3, -0.25) is 9.59 Å². The Balaban J connectivity index is 1.91. The number of carbonyl (C=O) groups excluding carboxylic acids is 1. The van der Waals surface area contributed by atoms with Crippen molar-refractivity contribution >= 4 is 45.0 Å². The summed E-state index contributed by atoms with van der Waals surface area (Å²) in [5, 5.41) is 1.15. The zero-order chi connectivity index (χ0) is 15.7. The van der Waals surface area contributed by atoms with Crippen molar-refractivity contribution in [3.63, 3.8) is 0 Å². The Labute approximate surface area is 135 Å². The first kappa shape index (κ1) is 14.7. The van der Waals surface area contributed by atoms with Crippen LogP contribution in [0.15, 0.2) is 41.2 Å². The van der Waals surface area contributed by atoms with Gasteiger partial charge in [-0.15, -0.1) is 11.3 Å². The first-order chi connectivity index (χ1) is 10.5. The minimum atomic E-state index is -0.347. The molecule has 0 bridgehead atoms. The molecular weight excluding hydrogens is 320 g/mol. The van der Waals surface area contributed by atoms with Gasteiger partial charge in [-0.05, 0) is 36.8 Å². The molecular formula is C16H11ClN2O2S. The Bertz CT molecular complexity index is 939. The molecule has 2 aromatic heterocycles. The molecule has 0 spiro atoms. The number of hydrogen-bond acceptors (Lipinski definition) is 4. The van der Waals surface area contributed by atoms with Crippen LogP contribution in [0.4, 0.5) is 0 Å². The molecule has 0 saturated heterocycles. The number of nitrogens with zero attached hydrogens (tertiary/aromatic N) is 1. The lowest BCUT2D eigenvalue weighted by molar-refractivity contribution is 0.103. The van der Waals surface area contributed by atoms with E-state index in [0.29, 0.717) is 15.2 Å². The van der Waals surface area contributed by atoms with Gasteiger partial charge in [0.25, 0.3) is 5.56 Å². The van der Waals surface area contributed by atoms with Gasteiger partial charge in [0.15, 0.2) is 5.82 Å². The van der Waals surface area contributed by atoms with E-state index in [1.165, 1.54) is 17.4 Å². The maximum atomic E-state index is 12.1. The lowest BCUT2D eigenvalue weighted by atomic mass is 10.2. The van der Waals surface area contributed by atoms with Crippen molar-refractivity contribution in [2.45, 2.75) is 6.92 Å². The van der Waals surface area contributed by atoms with Gasteiger partial charge < -0.3 is 4.98 Å². The highest BCUT2D eigenvalue weighted by Crippen LogP contribution is 2.20. The van der Waals surface area contributed by atoms with Crippen LogP contribution in [-0.4, -0.2) is 15.8 Å². The van der Waals surface area contributed by atoms with E-state index in [2.05, 4.69) is 9.97 Å². The van der Waals surface area contributed by atoms with Gasteiger partial charge in [-0.25, -0.2) is 4.98 Å². The summed E-state index contributed by atoms with van der Waals surface area (Å²) in [5.41, 5.74) is 0.547. The highest BCUT2D eigenvalue weighted by molar-refractivity contribution is 7.18. The number of hydrogen-bond donors (Lipinski definition) is 1. The number of allylic oxidation sites excluding steroid dienone is 1. The SMILES string of the molecule is Cc1cc2c(=O)[nH]c(C(=O)/C=C/c3ccc(Cl)cc3)nc2s1. The summed E-state index contributed by atoms with van der Waals surface area (Å²) >= 11 is 7.20. The minimum absolute atomic E-state index is 0.0459. The second-order valence-electron chi connectivity index (χ2n) is 4.74. The molecule has 3 aromatic rings. The van der Waals surface area contributed by atoms with Crippen molar-refractivity contribution in [3.8, 4) is 0 Å². The number of rotatable bonds is 3. The Morgan fingerprint density at radius 1 is 1.32 bits per heavy atom. The summed E-state index contributed by atoms with van der Waals surface area (Å²) in [6, 6.07) is 8.85. The van der Waals surface area contributed by atoms with Crippen LogP contribution < -0.4 is 5.56 Å². The van der Waals surface area contributed by atoms with Crippen LogP contribution in [0, 0.1) is 6.92 Å². The summed E-state index contributed by atoms with van der Waals surface area (Å²) in [6.45, 7) is 1.90. The van der Waals surface area contributed by atoms with Crippen LogP contribution in [0.25, 0.3) is 16.3 Å². The molecule has 2 heterocycles. The van der Waals surface area contributed by atoms with Crippen molar-refractivity contribution in [3.05, 3.63) is 68.0 Å². The Morgan fingerprint density at radius 2 is 2.05 bits per heavy atom. The highest BCUT2D eigenvalue weighted by atomic mass is 35.5. The molecule has 0 atom stereocenters. The van der Waals surface area contributed by atoms with Crippen LogP contribution >= 0.6 is 22.9 Å². The fourth-order valence-electron chi connectivity index (χ4n) is 1.99. The predicted octanol–water partition coefficient (Wildman–Crippen LogP) is 3.84. The molecule has 0 fully saturated rings. The molecule has 6 heteroatoms. The number of carbonyl (C=O) groups is 1. The summed E-state index contributed by atoms with van der Waals surface area (Å²) < 4.78 is 0. The van der Waals surface area contributed by atoms with Gasteiger partial charge in [-0.2, -0.15) is 0 Å². The zero-order valence-electron chi connectivity index (χ0n) is 11.6. The molecule has 0 aliphatic rings. The van der Waals surface area contributed by atoms with E-state index in [0.717, 1.165) is 10.4 Å². The van der Waals surface area contributed by atoms with Gasteiger partial charge in [0.2, 0.25) is 5.78 Å². The quantitative estimate of drug-likeness (QED) is 0.586. The molecule has 0 saturated carbocycles. The van der Waals surface area contributed by atoms with Crippen LogP contribution in [0.1, 0.15) is 21.1 Å². The third-order valence-corrected chi connectivity index (χ3v) is 4.25. The summed E-state index contributed by atoms with van der Waals surface area (Å²) in [5.74, 6) is -0.301. The average molecular weight is 331 g/mol. The van der Waals surface area contributed by atoms with Crippen LogP contribution in [-0.2, 0) is 0 Å². The number of aryl methyl sites for hydroxylation is 1. The standard InChI is InChI=1S/C16H11ClN2O2S/c1-9-8-12-15(21)18-14(19-16(12)22-9)13(20)7-4-10-2-5-11(17)6-3-10/h2-8H,1H3,(H,18,19,21)/b7-4+. The van der Waals surface area contributed by atoms with Gasteiger partial charge in [0, 0.05) is 9.90 Å². The third-order valence-electron chi connectivity index (χ3n) is 3.06. The van der Waals surface area contributed by atoms with E-state index in [1.807, 2.05) is 6.92 Å². The lowest BCUT2D eigenvalue weighted by Gasteiger charge is -1.96. The van der Waals surface area contributed by atoms with Crippen LogP contribution in [0.5, 0.6) is 0 Å². The molecule has 0 aliphatic carbocycles. The number of ketones is 1. The van der Waals surface area contributed by atoms with Crippen molar-refractivity contribution in [2.75, 3.05) is 0 Å². The average Bonchev–Trinajstić information content (AvgIpc) is 2.87. The van der Waals surface area contributed by atoms with Crippen molar-refractivity contribution in [1.29, 1.82) is 0 Å². The summed E-state index contributed by atoms with van der Waals surface area (Å²) in [7, 11) is 0. The van der Waals surface area contributed by atoms with Crippen molar-refractivity contribution in [2.24, 2.45) is 0 Å². The summed E-state index contributed by atoms with van der Waals surface area (Å²) in [4.78, 5) is 32.4. The van der Waals surface area contributed by atoms with Crippen molar-refractivity contribution in [1.82, 2.24) is 9.97 Å². The van der Waals surface area contributed by atoms with E-state index in [4.69, 9.17) is 11.6 Å². The highest BCUT2D eigenvalue weighted by Gasteiger charge is 2.10. The Hall–Kier alpha value is -2.24. The molecule has 22 heavy (non-hydrogen) atoms. The first-order valence-electron chi connectivity index (χ1n) is 6.51. The zero-order valence-corrected chi connectivity index (χ0v) is 13.2. The van der Waals surface area contributed by atoms with Crippen molar-refractivity contribution < 1.29 is 4.79 Å². The predicted molar refractivity (Wildman–Crippen MR) is 89.8 cm³/mol. The molecule has 3 rings (SSSR count). The molecule has 0 aliphatic heterocycles. The number of aromatic nitrogens is 2. The first-order valence-corrected chi connectivity index (χ1v) is 7.71. The number of halogens is 1. The van der Waals surface area contributed by atoms with Gasteiger partial charge >= 0.3 is 0 Å². The van der Waals surface area contributed by atoms with Gasteiger partial charge in [-0.1, -0.05) is 29.8 Å². The number of H-pyrrole nitrogens is 1. The molecule has 4 nitrogen and oxygen atoms in total. The second-order valence-corrected chi connectivity index (χ2v) is 6.41. The maximum Gasteiger partial charge on any atom is 0.260 e. The molecule has 0 amide bonds. The van der Waals surface area contributed by atoms with E-state index in [-0.39, 0.29) is 17.2 Å². The van der Waals surface area contributed by atoms with Crippen LogP contribution in [0.2, 0.25) is 5.02 Å². The fraction of sp³-hybridized carbons (Fsp3) is 0.0625. The Morgan fingerprint density at radius 3 is 2.77 bits per heavy atom. The van der Waals surface area contributed by atoms with Crippen LogP contribution in [0.3, 0.4) is 0 Å². The fourth-order valence-corrected chi connectivity index (χ4v) is 3.00. The summed E-state index contributed by atoms with van der Waals surface area (Å²) in [6.07, 6.45) is 3.04. The topological polar surface area (TPSA) is 62.8 Å². The number of benzene rings is 1. The van der Waals surface area contributed by atoms with E-state index >= 15 is 0 Å². The largest absolute Gasteiger partial charge is 0.303 e. The molecule has 110 valence electrons. The van der Waals surface area contributed by atoms with E-state index in [9.17, 15) is 9.59 Å². The molecule has 0 unspecified atom stereocenters. The second kappa shape index (κ2) is 5.87. The molecule has 0 radical (unpaired) electrons. The third kappa shape index (κ3) is 3.00. The van der Waals surface area contributed by atoms with Gasteiger partial charge in [0.05, 0.1) is 5.39 Å². The number of fused-ring (bicyclic) bond motifs is 1. The monoisotopic (exact) mass is 330 g/mol. The maximum absolute atomic E-state index is 12.1. The molecule has 1 N–H and O–H groups in total. The van der Waals surface area contributed by atoms with Gasteiger partial charge in [0.1, 0.15) is 4.83 Å². The smallest absolute Gasteiger partial charge is 0.260 e. The minimum Gasteiger partial charge on any atom is -0.303 e. The number of aromatic amines is 1. The lowest BCUT2D eigenvalue weighted by Crippen LogP contribution is -2.13. The molecule has 1 aromatic carbocycles. The normalized spacial score (nSPS) is 11.4. The van der Waals surface area contributed by atoms with E-state index < -0.39 is 0 Å². The number of thiophene rings is 1. The number of nitrogens with one attached hydrogen (secondary N) is 1. The van der Waals surface area contributed by atoms with E-state index in [1.54, 1.807) is 36.4 Å².